The number of hydrogen-bond acceptors (Lipinski definition) is 4. The Hall–Kier alpha value is -3.03. The monoisotopic (exact) mass is 471 g/mol. The maximum atomic E-state index is 13.3. The Morgan fingerprint density at radius 1 is 1.00 bits per heavy atom. The molecule has 1 N–H and O–H groups in total. The number of hydrogen-bond donors (Lipinski definition) is 1. The molecule has 168 valence electrons. The molecule has 0 bridgehead atoms. The molecule has 1 aliphatic heterocycles. The first kappa shape index (κ1) is 23.6. The van der Waals surface area contributed by atoms with E-state index in [1.807, 2.05) is 61.6 Å². The van der Waals surface area contributed by atoms with Gasteiger partial charge in [-0.25, -0.2) is 8.42 Å². The van der Waals surface area contributed by atoms with Gasteiger partial charge in [0.15, 0.2) is 0 Å². The molecule has 4 rings (SSSR count). The molecule has 0 atom stereocenters. The van der Waals surface area contributed by atoms with E-state index in [2.05, 4.69) is 10.2 Å². The standard InChI is InChI=1S/C24H25N3O3S.ClH/c1-26-15-14-18-10-7-11-20(23(18)26)24(28)25-21-16-19(17-8-5-4-6-9-17)12-13-22(21)27(2)31(3,29)30;/h4-13,16H,14-15H2,1-3H3,(H,25,28);1H. The Bertz CT molecular complexity index is 1250. The lowest BCUT2D eigenvalue weighted by atomic mass is 10.0. The minimum atomic E-state index is -3.50. The number of carbonyl (C=O) groups is 1. The molecule has 32 heavy (non-hydrogen) atoms. The Kier molecular flexibility index (Phi) is 6.81. The van der Waals surface area contributed by atoms with E-state index in [-0.39, 0.29) is 18.3 Å². The molecular formula is C24H26ClN3O3S. The highest BCUT2D eigenvalue weighted by Gasteiger charge is 2.24. The van der Waals surface area contributed by atoms with Crippen molar-refractivity contribution >= 4 is 45.4 Å². The summed E-state index contributed by atoms with van der Waals surface area (Å²) in [6.45, 7) is 0.866. The van der Waals surface area contributed by atoms with Crippen LogP contribution in [0.3, 0.4) is 0 Å². The van der Waals surface area contributed by atoms with Crippen molar-refractivity contribution < 1.29 is 13.2 Å². The van der Waals surface area contributed by atoms with E-state index in [1.165, 1.54) is 11.4 Å². The van der Waals surface area contributed by atoms with Gasteiger partial charge in [-0.05, 0) is 41.3 Å². The van der Waals surface area contributed by atoms with Crippen LogP contribution in [0.15, 0.2) is 66.7 Å². The second kappa shape index (κ2) is 9.22. The van der Waals surface area contributed by atoms with Gasteiger partial charge in [-0.1, -0.05) is 48.5 Å². The quantitative estimate of drug-likeness (QED) is 0.598. The van der Waals surface area contributed by atoms with Crippen LogP contribution in [0.4, 0.5) is 17.1 Å². The van der Waals surface area contributed by atoms with Crippen molar-refractivity contribution in [2.75, 3.05) is 41.4 Å². The molecule has 8 heteroatoms. The first-order valence-electron chi connectivity index (χ1n) is 10.0. The lowest BCUT2D eigenvalue weighted by Gasteiger charge is -2.22. The van der Waals surface area contributed by atoms with Crippen LogP contribution in [0.5, 0.6) is 0 Å². The Morgan fingerprint density at radius 2 is 1.72 bits per heavy atom. The van der Waals surface area contributed by atoms with Crippen LogP contribution in [0.2, 0.25) is 0 Å². The van der Waals surface area contributed by atoms with Crippen molar-refractivity contribution in [3.8, 4) is 11.1 Å². The number of nitrogens with one attached hydrogen (secondary N) is 1. The summed E-state index contributed by atoms with van der Waals surface area (Å²) in [7, 11) is -0.0444. The maximum absolute atomic E-state index is 13.3. The van der Waals surface area contributed by atoms with Gasteiger partial charge in [0.05, 0.1) is 28.9 Å². The number of benzene rings is 3. The molecule has 1 heterocycles. The zero-order valence-electron chi connectivity index (χ0n) is 18.2. The highest BCUT2D eigenvalue weighted by molar-refractivity contribution is 7.92. The van der Waals surface area contributed by atoms with Crippen LogP contribution in [0.25, 0.3) is 11.1 Å². The van der Waals surface area contributed by atoms with Crippen LogP contribution < -0.4 is 14.5 Å². The smallest absolute Gasteiger partial charge is 0.257 e. The average Bonchev–Trinajstić information content (AvgIpc) is 3.14. The Labute approximate surface area is 195 Å². The highest BCUT2D eigenvalue weighted by Crippen LogP contribution is 2.35. The summed E-state index contributed by atoms with van der Waals surface area (Å²) in [4.78, 5) is 15.4. The molecule has 0 aliphatic carbocycles. The summed E-state index contributed by atoms with van der Waals surface area (Å²) in [5, 5.41) is 2.97. The SMILES string of the molecule is CN1CCc2cccc(C(=O)Nc3cc(-c4ccccc4)ccc3N(C)S(C)(=O)=O)c21.Cl. The van der Waals surface area contributed by atoms with E-state index >= 15 is 0 Å². The number of fused-ring (bicyclic) bond motifs is 1. The van der Waals surface area contributed by atoms with Gasteiger partial charge in [-0.3, -0.25) is 9.10 Å². The van der Waals surface area contributed by atoms with Gasteiger partial charge >= 0.3 is 0 Å². The summed E-state index contributed by atoms with van der Waals surface area (Å²) >= 11 is 0. The summed E-state index contributed by atoms with van der Waals surface area (Å²) in [5.74, 6) is -0.265. The molecule has 0 aromatic heterocycles. The summed E-state index contributed by atoms with van der Waals surface area (Å²) in [5.41, 5.74) is 5.37. The van der Waals surface area contributed by atoms with Crippen molar-refractivity contribution in [3.05, 3.63) is 77.9 Å². The normalized spacial score (nSPS) is 12.7. The summed E-state index contributed by atoms with van der Waals surface area (Å²) in [6.07, 6.45) is 2.04. The zero-order valence-corrected chi connectivity index (χ0v) is 19.8. The number of likely N-dealkylation sites (N-methyl/N-ethyl adjacent to an activating group) is 1. The Balaban J connectivity index is 0.00000289. The second-order valence-electron chi connectivity index (χ2n) is 7.77. The fourth-order valence-electron chi connectivity index (χ4n) is 3.92. The number of rotatable bonds is 5. The third-order valence-corrected chi connectivity index (χ3v) is 6.84. The number of carbonyl (C=O) groups excluding carboxylic acids is 1. The molecule has 0 saturated carbocycles. The number of halogens is 1. The van der Waals surface area contributed by atoms with Crippen molar-refractivity contribution in [2.24, 2.45) is 0 Å². The summed E-state index contributed by atoms with van der Waals surface area (Å²) in [6, 6.07) is 20.9. The van der Waals surface area contributed by atoms with Gasteiger partial charge in [0.1, 0.15) is 0 Å². The minimum Gasteiger partial charge on any atom is -0.373 e. The minimum absolute atomic E-state index is 0. The lowest BCUT2D eigenvalue weighted by molar-refractivity contribution is 0.102. The molecule has 0 spiro atoms. The second-order valence-corrected chi connectivity index (χ2v) is 9.78. The third kappa shape index (κ3) is 4.59. The molecule has 6 nitrogen and oxygen atoms in total. The first-order valence-corrected chi connectivity index (χ1v) is 11.9. The number of para-hydroxylation sites is 1. The van der Waals surface area contributed by atoms with E-state index in [0.717, 1.165) is 41.6 Å². The maximum Gasteiger partial charge on any atom is 0.257 e. The largest absolute Gasteiger partial charge is 0.373 e. The molecular weight excluding hydrogens is 446 g/mol. The fourth-order valence-corrected chi connectivity index (χ4v) is 4.43. The first-order chi connectivity index (χ1) is 14.8. The van der Waals surface area contributed by atoms with Gasteiger partial charge in [0.25, 0.3) is 5.91 Å². The zero-order chi connectivity index (χ0) is 22.2. The van der Waals surface area contributed by atoms with Gasteiger partial charge in [0.2, 0.25) is 10.0 Å². The fraction of sp³-hybridized carbons (Fsp3) is 0.208. The van der Waals surface area contributed by atoms with E-state index in [9.17, 15) is 13.2 Å². The number of anilines is 3. The van der Waals surface area contributed by atoms with Crippen LogP contribution >= 0.6 is 12.4 Å². The van der Waals surface area contributed by atoms with Gasteiger partial charge in [-0.15, -0.1) is 12.4 Å². The van der Waals surface area contributed by atoms with E-state index in [4.69, 9.17) is 0 Å². The molecule has 0 unspecified atom stereocenters. The summed E-state index contributed by atoms with van der Waals surface area (Å²) < 4.78 is 25.6. The molecule has 3 aromatic rings. The van der Waals surface area contributed by atoms with Gasteiger partial charge in [-0.2, -0.15) is 0 Å². The van der Waals surface area contributed by atoms with E-state index in [1.54, 1.807) is 12.1 Å². The van der Waals surface area contributed by atoms with Crippen LogP contribution in [-0.4, -0.2) is 41.2 Å². The number of nitrogens with zero attached hydrogens (tertiary/aromatic N) is 2. The van der Waals surface area contributed by atoms with Gasteiger partial charge in [0, 0.05) is 20.6 Å². The van der Waals surface area contributed by atoms with Crippen molar-refractivity contribution in [2.45, 2.75) is 6.42 Å². The molecule has 0 saturated heterocycles. The molecule has 3 aromatic carbocycles. The van der Waals surface area contributed by atoms with E-state index in [0.29, 0.717) is 16.9 Å². The van der Waals surface area contributed by atoms with Crippen LogP contribution in [0.1, 0.15) is 15.9 Å². The van der Waals surface area contributed by atoms with Crippen LogP contribution in [0, 0.1) is 0 Å². The lowest BCUT2D eigenvalue weighted by Crippen LogP contribution is -2.27. The predicted molar refractivity (Wildman–Crippen MR) is 134 cm³/mol. The molecule has 0 radical (unpaired) electrons. The number of amides is 1. The Morgan fingerprint density at radius 3 is 2.41 bits per heavy atom. The van der Waals surface area contributed by atoms with Crippen LogP contribution in [-0.2, 0) is 16.4 Å². The molecule has 0 fully saturated rings. The van der Waals surface area contributed by atoms with Gasteiger partial charge < -0.3 is 10.2 Å². The average molecular weight is 472 g/mol. The molecule has 1 aliphatic rings. The highest BCUT2D eigenvalue weighted by atomic mass is 35.5. The van der Waals surface area contributed by atoms with Crippen molar-refractivity contribution in [1.82, 2.24) is 0 Å². The number of sulfonamides is 1. The van der Waals surface area contributed by atoms with E-state index < -0.39 is 10.0 Å². The van der Waals surface area contributed by atoms with Crippen molar-refractivity contribution in [3.63, 3.8) is 0 Å². The topological polar surface area (TPSA) is 69.7 Å². The predicted octanol–water partition coefficient (Wildman–Crippen LogP) is 4.42. The van der Waals surface area contributed by atoms with Crippen molar-refractivity contribution in [1.29, 1.82) is 0 Å². The molecule has 1 amide bonds. The third-order valence-electron chi connectivity index (χ3n) is 5.65.